The summed E-state index contributed by atoms with van der Waals surface area (Å²) >= 11 is 0. The van der Waals surface area contributed by atoms with E-state index in [9.17, 15) is 0 Å². The van der Waals surface area contributed by atoms with E-state index in [1.165, 1.54) is 5.56 Å². The lowest BCUT2D eigenvalue weighted by atomic mass is 10.2. The molecule has 5 heteroatoms. The zero-order chi connectivity index (χ0) is 15.5. The van der Waals surface area contributed by atoms with Gasteiger partial charge in [-0.25, -0.2) is 0 Å². The minimum atomic E-state index is 0. The van der Waals surface area contributed by atoms with Crippen LogP contribution in [0.5, 0.6) is 0 Å². The quantitative estimate of drug-likeness (QED) is 0.386. The van der Waals surface area contributed by atoms with Crippen molar-refractivity contribution in [3.05, 3.63) is 35.9 Å². The SMILES string of the molecule is CN=C(NCC(C)C)NCC(C)COCc1ccccc1.I. The second kappa shape index (κ2) is 12.7. The molecular formula is C17H30IN3O. The fourth-order valence-electron chi connectivity index (χ4n) is 1.80. The zero-order valence-corrected chi connectivity index (χ0v) is 16.5. The lowest BCUT2D eigenvalue weighted by Gasteiger charge is -2.17. The van der Waals surface area contributed by atoms with Crippen LogP contribution < -0.4 is 10.6 Å². The van der Waals surface area contributed by atoms with Gasteiger partial charge in [0.25, 0.3) is 0 Å². The predicted molar refractivity (Wildman–Crippen MR) is 105 cm³/mol. The van der Waals surface area contributed by atoms with Crippen LogP contribution >= 0.6 is 24.0 Å². The molecule has 1 aromatic rings. The Morgan fingerprint density at radius 2 is 1.73 bits per heavy atom. The van der Waals surface area contributed by atoms with Crippen LogP contribution in [0.3, 0.4) is 0 Å². The van der Waals surface area contributed by atoms with Crippen LogP contribution in [0.1, 0.15) is 26.3 Å². The molecule has 0 heterocycles. The molecule has 1 aromatic carbocycles. The summed E-state index contributed by atoms with van der Waals surface area (Å²) in [5.74, 6) is 1.90. The fraction of sp³-hybridized carbons (Fsp3) is 0.588. The summed E-state index contributed by atoms with van der Waals surface area (Å²) in [6.07, 6.45) is 0. The molecule has 126 valence electrons. The van der Waals surface area contributed by atoms with Crippen LogP contribution in [0.15, 0.2) is 35.3 Å². The van der Waals surface area contributed by atoms with E-state index >= 15 is 0 Å². The van der Waals surface area contributed by atoms with E-state index in [0.717, 1.165) is 25.7 Å². The highest BCUT2D eigenvalue weighted by atomic mass is 127. The molecule has 0 saturated carbocycles. The first-order valence-electron chi connectivity index (χ1n) is 7.68. The fourth-order valence-corrected chi connectivity index (χ4v) is 1.80. The van der Waals surface area contributed by atoms with Gasteiger partial charge in [-0.3, -0.25) is 4.99 Å². The van der Waals surface area contributed by atoms with Crippen LogP contribution in [-0.4, -0.2) is 32.7 Å². The Morgan fingerprint density at radius 3 is 2.32 bits per heavy atom. The van der Waals surface area contributed by atoms with Crippen molar-refractivity contribution >= 4 is 29.9 Å². The van der Waals surface area contributed by atoms with Crippen molar-refractivity contribution in [2.45, 2.75) is 27.4 Å². The number of guanidine groups is 1. The van der Waals surface area contributed by atoms with E-state index in [1.54, 1.807) is 7.05 Å². The Kier molecular flexibility index (Phi) is 12.2. The molecule has 1 atom stereocenters. The number of hydrogen-bond acceptors (Lipinski definition) is 2. The van der Waals surface area contributed by atoms with Crippen molar-refractivity contribution in [1.82, 2.24) is 10.6 Å². The van der Waals surface area contributed by atoms with Crippen LogP contribution in [-0.2, 0) is 11.3 Å². The molecule has 1 unspecified atom stereocenters. The normalized spacial score (nSPS) is 12.7. The Balaban J connectivity index is 0.00000441. The Hall–Kier alpha value is -0.820. The summed E-state index contributed by atoms with van der Waals surface area (Å²) in [5, 5.41) is 6.64. The third-order valence-electron chi connectivity index (χ3n) is 3.03. The maximum atomic E-state index is 5.75. The Bertz CT molecular complexity index is 410. The second-order valence-electron chi connectivity index (χ2n) is 5.83. The van der Waals surface area contributed by atoms with E-state index < -0.39 is 0 Å². The lowest BCUT2D eigenvalue weighted by molar-refractivity contribution is 0.0931. The van der Waals surface area contributed by atoms with E-state index in [4.69, 9.17) is 4.74 Å². The Labute approximate surface area is 152 Å². The van der Waals surface area contributed by atoms with Gasteiger partial charge in [-0.05, 0) is 17.4 Å². The number of ether oxygens (including phenoxy) is 1. The van der Waals surface area contributed by atoms with Crippen LogP contribution in [0.4, 0.5) is 0 Å². The van der Waals surface area contributed by atoms with Crippen LogP contribution in [0.2, 0.25) is 0 Å². The van der Waals surface area contributed by atoms with Gasteiger partial charge in [-0.1, -0.05) is 51.1 Å². The van der Waals surface area contributed by atoms with E-state index in [-0.39, 0.29) is 24.0 Å². The number of nitrogens with one attached hydrogen (secondary N) is 2. The molecular weight excluding hydrogens is 389 g/mol. The first-order valence-corrected chi connectivity index (χ1v) is 7.68. The van der Waals surface area contributed by atoms with Crippen molar-refractivity contribution in [3.63, 3.8) is 0 Å². The highest BCUT2D eigenvalue weighted by Crippen LogP contribution is 2.02. The van der Waals surface area contributed by atoms with Gasteiger partial charge in [0.05, 0.1) is 13.2 Å². The summed E-state index contributed by atoms with van der Waals surface area (Å²) in [4.78, 5) is 4.21. The van der Waals surface area contributed by atoms with Gasteiger partial charge in [0.15, 0.2) is 5.96 Å². The zero-order valence-electron chi connectivity index (χ0n) is 14.1. The molecule has 0 fully saturated rings. The third-order valence-corrected chi connectivity index (χ3v) is 3.03. The van der Waals surface area contributed by atoms with Gasteiger partial charge in [0.1, 0.15) is 0 Å². The number of benzene rings is 1. The van der Waals surface area contributed by atoms with E-state index in [0.29, 0.717) is 18.4 Å². The summed E-state index contributed by atoms with van der Waals surface area (Å²) in [5.41, 5.74) is 1.21. The molecule has 0 radical (unpaired) electrons. The van der Waals surface area contributed by atoms with Gasteiger partial charge in [-0.2, -0.15) is 0 Å². The number of rotatable bonds is 8. The molecule has 0 aliphatic rings. The summed E-state index contributed by atoms with van der Waals surface area (Å²) in [6, 6.07) is 10.3. The predicted octanol–water partition coefficient (Wildman–Crippen LogP) is 3.28. The summed E-state index contributed by atoms with van der Waals surface area (Å²) < 4.78 is 5.75. The summed E-state index contributed by atoms with van der Waals surface area (Å²) in [6.45, 7) is 9.73. The summed E-state index contributed by atoms with van der Waals surface area (Å²) in [7, 11) is 1.80. The highest BCUT2D eigenvalue weighted by Gasteiger charge is 2.05. The van der Waals surface area contributed by atoms with Crippen molar-refractivity contribution in [2.24, 2.45) is 16.8 Å². The maximum absolute atomic E-state index is 5.75. The van der Waals surface area contributed by atoms with Crippen molar-refractivity contribution < 1.29 is 4.74 Å². The number of aliphatic imine (C=N–C) groups is 1. The molecule has 22 heavy (non-hydrogen) atoms. The molecule has 0 bridgehead atoms. The van der Waals surface area contributed by atoms with Crippen molar-refractivity contribution in [2.75, 3.05) is 26.7 Å². The maximum Gasteiger partial charge on any atom is 0.190 e. The number of nitrogens with zero attached hydrogens (tertiary/aromatic N) is 1. The number of hydrogen-bond donors (Lipinski definition) is 2. The first kappa shape index (κ1) is 21.2. The van der Waals surface area contributed by atoms with Gasteiger partial charge in [0.2, 0.25) is 0 Å². The van der Waals surface area contributed by atoms with Crippen molar-refractivity contribution in [1.29, 1.82) is 0 Å². The molecule has 4 nitrogen and oxygen atoms in total. The van der Waals surface area contributed by atoms with Gasteiger partial charge >= 0.3 is 0 Å². The smallest absolute Gasteiger partial charge is 0.190 e. The van der Waals surface area contributed by atoms with Crippen molar-refractivity contribution in [3.8, 4) is 0 Å². The molecule has 2 N–H and O–H groups in total. The minimum absolute atomic E-state index is 0. The van der Waals surface area contributed by atoms with Crippen LogP contribution in [0, 0.1) is 11.8 Å². The second-order valence-corrected chi connectivity index (χ2v) is 5.83. The molecule has 1 rings (SSSR count). The van der Waals surface area contributed by atoms with Gasteiger partial charge in [-0.15, -0.1) is 24.0 Å². The minimum Gasteiger partial charge on any atom is -0.376 e. The number of halogens is 1. The van der Waals surface area contributed by atoms with E-state index in [1.807, 2.05) is 18.2 Å². The first-order chi connectivity index (χ1) is 10.1. The molecule has 0 spiro atoms. The van der Waals surface area contributed by atoms with E-state index in [2.05, 4.69) is 48.5 Å². The molecule has 0 aromatic heterocycles. The highest BCUT2D eigenvalue weighted by molar-refractivity contribution is 14.0. The average molecular weight is 419 g/mol. The molecule has 0 aliphatic heterocycles. The lowest BCUT2D eigenvalue weighted by Crippen LogP contribution is -2.41. The van der Waals surface area contributed by atoms with Gasteiger partial charge in [0, 0.05) is 20.1 Å². The standard InChI is InChI=1S/C17H29N3O.HI/c1-14(2)10-19-17(18-4)20-11-15(3)12-21-13-16-8-6-5-7-9-16;/h5-9,14-15H,10-13H2,1-4H3,(H2,18,19,20);1H. The molecule has 0 saturated heterocycles. The third kappa shape index (κ3) is 10.00. The topological polar surface area (TPSA) is 45.7 Å². The average Bonchev–Trinajstić information content (AvgIpc) is 2.48. The van der Waals surface area contributed by atoms with Crippen LogP contribution in [0.25, 0.3) is 0 Å². The molecule has 0 aliphatic carbocycles. The molecule has 0 amide bonds. The largest absolute Gasteiger partial charge is 0.376 e. The van der Waals surface area contributed by atoms with Gasteiger partial charge < -0.3 is 15.4 Å². The monoisotopic (exact) mass is 419 g/mol. The Morgan fingerprint density at radius 1 is 1.09 bits per heavy atom.